The smallest absolute Gasteiger partial charge is 0.0935 e. The SMILES string of the molecule is Clc1cc(Cl)c(N/N=C\c2c(Br)sc3ccc(Cl)cc23)c(Cl)c1. The summed E-state index contributed by atoms with van der Waals surface area (Å²) in [5, 5.41) is 7.19. The highest BCUT2D eigenvalue weighted by molar-refractivity contribution is 9.11. The molecule has 0 saturated heterocycles. The van der Waals surface area contributed by atoms with Crippen LogP contribution in [0.1, 0.15) is 5.56 Å². The van der Waals surface area contributed by atoms with Gasteiger partial charge in [0.1, 0.15) is 0 Å². The molecule has 0 unspecified atom stereocenters. The number of halogens is 5. The summed E-state index contributed by atoms with van der Waals surface area (Å²) in [5.74, 6) is 0. The fraction of sp³-hybridized carbons (Fsp3) is 0. The van der Waals surface area contributed by atoms with Crippen molar-refractivity contribution < 1.29 is 0 Å². The lowest BCUT2D eigenvalue weighted by Crippen LogP contribution is -1.93. The quantitative estimate of drug-likeness (QED) is 0.308. The normalized spacial score (nSPS) is 11.5. The van der Waals surface area contributed by atoms with Crippen LogP contribution in [-0.2, 0) is 0 Å². The molecule has 1 heterocycles. The number of nitrogens with one attached hydrogen (secondary N) is 1. The van der Waals surface area contributed by atoms with Gasteiger partial charge in [-0.05, 0) is 46.3 Å². The Bertz CT molecular complexity index is 900. The molecular formula is C15H7BrCl4N2S. The lowest BCUT2D eigenvalue weighted by atomic mass is 10.2. The molecule has 0 aliphatic heterocycles. The van der Waals surface area contributed by atoms with Crippen molar-refractivity contribution in [2.24, 2.45) is 5.10 Å². The largest absolute Gasteiger partial charge is 0.275 e. The van der Waals surface area contributed by atoms with Gasteiger partial charge in [-0.15, -0.1) is 11.3 Å². The summed E-state index contributed by atoms with van der Waals surface area (Å²) in [5.41, 5.74) is 4.29. The van der Waals surface area contributed by atoms with Crippen molar-refractivity contribution in [3.8, 4) is 0 Å². The summed E-state index contributed by atoms with van der Waals surface area (Å²) >= 11 is 29.3. The molecule has 1 N–H and O–H groups in total. The van der Waals surface area contributed by atoms with Crippen molar-refractivity contribution in [3.63, 3.8) is 0 Å². The second-order valence-electron chi connectivity index (χ2n) is 4.54. The third-order valence-corrected chi connectivity index (χ3v) is 5.96. The van der Waals surface area contributed by atoms with Gasteiger partial charge in [0.15, 0.2) is 0 Å². The van der Waals surface area contributed by atoms with Crippen LogP contribution in [0.5, 0.6) is 0 Å². The monoisotopic (exact) mass is 466 g/mol. The van der Waals surface area contributed by atoms with E-state index in [0.717, 1.165) is 19.4 Å². The second kappa shape index (κ2) is 7.18. The van der Waals surface area contributed by atoms with Crippen LogP contribution in [-0.4, -0.2) is 6.21 Å². The van der Waals surface area contributed by atoms with E-state index in [1.807, 2.05) is 18.2 Å². The summed E-state index contributed by atoms with van der Waals surface area (Å²) in [7, 11) is 0. The van der Waals surface area contributed by atoms with Crippen molar-refractivity contribution in [2.45, 2.75) is 0 Å². The second-order valence-corrected chi connectivity index (χ2v) is 8.60. The Morgan fingerprint density at radius 2 is 1.70 bits per heavy atom. The lowest BCUT2D eigenvalue weighted by Gasteiger charge is -2.06. The van der Waals surface area contributed by atoms with Gasteiger partial charge in [-0.3, -0.25) is 5.43 Å². The van der Waals surface area contributed by atoms with Crippen molar-refractivity contribution in [3.05, 3.63) is 59.8 Å². The molecule has 118 valence electrons. The van der Waals surface area contributed by atoms with Crippen LogP contribution in [0.15, 0.2) is 39.2 Å². The summed E-state index contributed by atoms with van der Waals surface area (Å²) < 4.78 is 2.08. The zero-order chi connectivity index (χ0) is 16.6. The first-order chi connectivity index (χ1) is 11.0. The van der Waals surface area contributed by atoms with E-state index in [4.69, 9.17) is 46.4 Å². The third-order valence-electron chi connectivity index (χ3n) is 3.02. The van der Waals surface area contributed by atoms with Crippen LogP contribution in [0.3, 0.4) is 0 Å². The van der Waals surface area contributed by atoms with Crippen LogP contribution in [0.2, 0.25) is 20.1 Å². The molecule has 3 aromatic rings. The average molecular weight is 469 g/mol. The van der Waals surface area contributed by atoms with Gasteiger partial charge >= 0.3 is 0 Å². The zero-order valence-electron chi connectivity index (χ0n) is 11.2. The minimum absolute atomic E-state index is 0.400. The van der Waals surface area contributed by atoms with Gasteiger partial charge in [-0.1, -0.05) is 46.4 Å². The molecule has 2 aromatic carbocycles. The summed E-state index contributed by atoms with van der Waals surface area (Å²) in [6, 6.07) is 8.94. The Morgan fingerprint density at radius 3 is 2.39 bits per heavy atom. The molecule has 0 amide bonds. The molecule has 0 bridgehead atoms. The van der Waals surface area contributed by atoms with Gasteiger partial charge in [-0.25, -0.2) is 0 Å². The van der Waals surface area contributed by atoms with Crippen molar-refractivity contribution in [1.29, 1.82) is 0 Å². The summed E-state index contributed by atoms with van der Waals surface area (Å²) in [4.78, 5) is 0. The Hall–Kier alpha value is -0.490. The molecule has 0 radical (unpaired) electrons. The average Bonchev–Trinajstić information content (AvgIpc) is 2.77. The maximum atomic E-state index is 6.11. The van der Waals surface area contributed by atoms with Gasteiger partial charge < -0.3 is 0 Å². The fourth-order valence-corrected chi connectivity index (χ4v) is 4.78. The molecule has 0 fully saturated rings. The molecule has 23 heavy (non-hydrogen) atoms. The number of nitrogens with zero attached hydrogens (tertiary/aromatic N) is 1. The molecule has 0 aliphatic rings. The molecule has 1 aromatic heterocycles. The molecular weight excluding hydrogens is 462 g/mol. The van der Waals surface area contributed by atoms with E-state index < -0.39 is 0 Å². The topological polar surface area (TPSA) is 24.4 Å². The number of fused-ring (bicyclic) bond motifs is 1. The molecule has 3 rings (SSSR count). The minimum Gasteiger partial charge on any atom is -0.275 e. The number of hydrogen-bond acceptors (Lipinski definition) is 3. The van der Waals surface area contributed by atoms with Crippen LogP contribution in [0.4, 0.5) is 5.69 Å². The van der Waals surface area contributed by atoms with Crippen LogP contribution < -0.4 is 5.43 Å². The Balaban J connectivity index is 1.92. The molecule has 0 aliphatic carbocycles. The van der Waals surface area contributed by atoms with E-state index in [-0.39, 0.29) is 0 Å². The van der Waals surface area contributed by atoms with Crippen molar-refractivity contribution >= 4 is 95.7 Å². The van der Waals surface area contributed by atoms with Gasteiger partial charge in [0, 0.05) is 25.7 Å². The van der Waals surface area contributed by atoms with E-state index in [0.29, 0.717) is 25.8 Å². The van der Waals surface area contributed by atoms with E-state index in [2.05, 4.69) is 26.5 Å². The van der Waals surface area contributed by atoms with Crippen molar-refractivity contribution in [1.82, 2.24) is 0 Å². The Labute approximate surface area is 165 Å². The van der Waals surface area contributed by atoms with E-state index in [1.165, 1.54) is 0 Å². The highest BCUT2D eigenvalue weighted by Crippen LogP contribution is 2.36. The first-order valence-electron chi connectivity index (χ1n) is 6.27. The predicted octanol–water partition coefficient (Wildman–Crippen LogP) is 7.72. The van der Waals surface area contributed by atoms with Gasteiger partial charge in [0.2, 0.25) is 0 Å². The third kappa shape index (κ3) is 3.78. The molecule has 2 nitrogen and oxygen atoms in total. The van der Waals surface area contributed by atoms with Gasteiger partial charge in [0.25, 0.3) is 0 Å². The van der Waals surface area contributed by atoms with Gasteiger partial charge in [-0.2, -0.15) is 5.10 Å². The van der Waals surface area contributed by atoms with E-state index in [9.17, 15) is 0 Å². The van der Waals surface area contributed by atoms with E-state index >= 15 is 0 Å². The number of anilines is 1. The maximum Gasteiger partial charge on any atom is 0.0935 e. The molecule has 0 atom stereocenters. The number of hydrogen-bond donors (Lipinski definition) is 1. The first-order valence-corrected chi connectivity index (χ1v) is 9.39. The molecule has 8 heteroatoms. The number of benzene rings is 2. The Kier molecular flexibility index (Phi) is 5.41. The van der Waals surface area contributed by atoms with E-state index in [1.54, 1.807) is 29.7 Å². The van der Waals surface area contributed by atoms with Crippen LogP contribution in [0, 0.1) is 0 Å². The first kappa shape index (κ1) is 17.3. The number of rotatable bonds is 3. The predicted molar refractivity (Wildman–Crippen MR) is 107 cm³/mol. The number of hydrazone groups is 1. The zero-order valence-corrected chi connectivity index (χ0v) is 16.6. The number of thiophene rings is 1. The highest BCUT2D eigenvalue weighted by Gasteiger charge is 2.10. The van der Waals surface area contributed by atoms with Crippen molar-refractivity contribution in [2.75, 3.05) is 5.43 Å². The standard InChI is InChI=1S/C15H7BrCl4N2S/c16-15-10(9-3-7(17)1-2-13(9)23-15)6-21-22-14-11(19)4-8(18)5-12(14)20/h1-6,22H/b21-6-. The van der Waals surface area contributed by atoms with Crippen LogP contribution in [0.25, 0.3) is 10.1 Å². The van der Waals surface area contributed by atoms with Crippen LogP contribution >= 0.6 is 73.7 Å². The minimum atomic E-state index is 0.400. The fourth-order valence-electron chi connectivity index (χ4n) is 1.99. The maximum absolute atomic E-state index is 6.11. The van der Waals surface area contributed by atoms with Gasteiger partial charge in [0.05, 0.1) is 25.7 Å². The summed E-state index contributed by atoms with van der Waals surface area (Å²) in [6.45, 7) is 0. The highest BCUT2D eigenvalue weighted by atomic mass is 79.9. The lowest BCUT2D eigenvalue weighted by molar-refractivity contribution is 1.35. The Morgan fingerprint density at radius 1 is 1.00 bits per heavy atom. The molecule has 0 spiro atoms. The molecule has 0 saturated carbocycles. The summed E-state index contributed by atoms with van der Waals surface area (Å²) in [6.07, 6.45) is 1.69.